The number of nitrogens with one attached hydrogen (secondary N) is 1. The van der Waals surface area contributed by atoms with Crippen molar-refractivity contribution in [2.45, 2.75) is 32.2 Å². The summed E-state index contributed by atoms with van der Waals surface area (Å²) in [7, 11) is 1.88. The van der Waals surface area contributed by atoms with E-state index in [2.05, 4.69) is 5.32 Å². The molecule has 1 aromatic carbocycles. The van der Waals surface area contributed by atoms with E-state index < -0.39 is 6.43 Å². The Morgan fingerprint density at radius 3 is 2.13 bits per heavy atom. The highest BCUT2D eigenvalue weighted by atomic mass is 19.3. The molecule has 1 N–H and O–H groups in total. The van der Waals surface area contributed by atoms with E-state index in [-0.39, 0.29) is 6.42 Å². The van der Waals surface area contributed by atoms with Crippen LogP contribution in [0.2, 0.25) is 0 Å². The molecule has 0 aliphatic heterocycles. The first-order valence-corrected chi connectivity index (χ1v) is 5.15. The van der Waals surface area contributed by atoms with Gasteiger partial charge in [-0.25, -0.2) is 8.78 Å². The van der Waals surface area contributed by atoms with Gasteiger partial charge in [0.25, 0.3) is 0 Å². The molecule has 0 spiro atoms. The topological polar surface area (TPSA) is 12.0 Å². The van der Waals surface area contributed by atoms with Crippen molar-refractivity contribution in [2.75, 3.05) is 7.05 Å². The molecule has 1 unspecified atom stereocenters. The smallest absolute Gasteiger partial charge is 0.242 e. The second-order valence-electron chi connectivity index (χ2n) is 3.76. The van der Waals surface area contributed by atoms with Gasteiger partial charge in [-0.3, -0.25) is 0 Å². The quantitative estimate of drug-likeness (QED) is 0.793. The Balaban J connectivity index is 2.76. The molecule has 1 aromatic rings. The summed E-state index contributed by atoms with van der Waals surface area (Å²) in [5.74, 6) is 0. The second-order valence-corrected chi connectivity index (χ2v) is 3.76. The van der Waals surface area contributed by atoms with Crippen LogP contribution in [0, 0.1) is 0 Å². The molecule has 3 heteroatoms. The van der Waals surface area contributed by atoms with Crippen LogP contribution in [-0.2, 0) is 12.8 Å². The predicted molar refractivity (Wildman–Crippen MR) is 58.4 cm³/mol. The Morgan fingerprint density at radius 2 is 1.67 bits per heavy atom. The van der Waals surface area contributed by atoms with E-state index in [0.717, 1.165) is 17.5 Å². The highest BCUT2D eigenvalue weighted by molar-refractivity contribution is 5.28. The molecule has 1 atom stereocenters. The van der Waals surface area contributed by atoms with E-state index >= 15 is 0 Å². The lowest BCUT2D eigenvalue weighted by atomic mass is 9.99. The van der Waals surface area contributed by atoms with Crippen LogP contribution in [0.3, 0.4) is 0 Å². The lowest BCUT2D eigenvalue weighted by Crippen LogP contribution is -2.24. The van der Waals surface area contributed by atoms with Crippen LogP contribution in [-0.4, -0.2) is 19.5 Å². The first kappa shape index (κ1) is 12.1. The zero-order chi connectivity index (χ0) is 11.3. The fraction of sp³-hybridized carbons (Fsp3) is 0.500. The lowest BCUT2D eigenvalue weighted by Gasteiger charge is -2.13. The molecule has 0 amide bonds. The van der Waals surface area contributed by atoms with Gasteiger partial charge in [0.2, 0.25) is 6.43 Å². The van der Waals surface area contributed by atoms with Crippen LogP contribution < -0.4 is 5.32 Å². The number of hydrogen-bond acceptors (Lipinski definition) is 1. The molecule has 0 aliphatic rings. The fourth-order valence-electron chi connectivity index (χ4n) is 1.55. The van der Waals surface area contributed by atoms with Gasteiger partial charge in [0.15, 0.2) is 0 Å². The highest BCUT2D eigenvalue weighted by Gasteiger charge is 2.10. The van der Waals surface area contributed by atoms with Gasteiger partial charge in [-0.05, 0) is 31.5 Å². The van der Waals surface area contributed by atoms with Gasteiger partial charge in [-0.1, -0.05) is 24.3 Å². The van der Waals surface area contributed by atoms with Crippen molar-refractivity contribution in [3.8, 4) is 0 Å². The Bertz CT molecular complexity index is 299. The molecular weight excluding hydrogens is 196 g/mol. The van der Waals surface area contributed by atoms with E-state index in [1.165, 1.54) is 0 Å². The largest absolute Gasteiger partial charge is 0.317 e. The normalized spacial score (nSPS) is 13.1. The summed E-state index contributed by atoms with van der Waals surface area (Å²) < 4.78 is 24.6. The molecular formula is C12H17F2N. The lowest BCUT2D eigenvalue weighted by molar-refractivity contribution is 0.148. The van der Waals surface area contributed by atoms with E-state index in [1.54, 1.807) is 6.07 Å². The van der Waals surface area contributed by atoms with Gasteiger partial charge in [0.1, 0.15) is 0 Å². The third kappa shape index (κ3) is 3.96. The molecule has 0 saturated carbocycles. The number of likely N-dealkylation sites (N-methyl/N-ethyl adjacent to an activating group) is 1. The third-order valence-electron chi connectivity index (χ3n) is 2.51. The van der Waals surface area contributed by atoms with Crippen LogP contribution in [0.15, 0.2) is 24.3 Å². The van der Waals surface area contributed by atoms with Crippen LogP contribution in [0.25, 0.3) is 0 Å². The van der Waals surface area contributed by atoms with Crippen molar-refractivity contribution in [3.05, 3.63) is 35.4 Å². The van der Waals surface area contributed by atoms with Crippen LogP contribution in [0.1, 0.15) is 18.1 Å². The van der Waals surface area contributed by atoms with Crippen molar-refractivity contribution < 1.29 is 8.78 Å². The molecule has 15 heavy (non-hydrogen) atoms. The highest BCUT2D eigenvalue weighted by Crippen LogP contribution is 2.15. The van der Waals surface area contributed by atoms with E-state index in [0.29, 0.717) is 6.04 Å². The van der Waals surface area contributed by atoms with Gasteiger partial charge < -0.3 is 5.32 Å². The summed E-state index contributed by atoms with van der Waals surface area (Å²) in [5, 5.41) is 3.11. The minimum absolute atomic E-state index is 0.146. The van der Waals surface area contributed by atoms with Crippen molar-refractivity contribution in [1.82, 2.24) is 5.32 Å². The summed E-state index contributed by atoms with van der Waals surface area (Å²) >= 11 is 0. The first-order chi connectivity index (χ1) is 7.13. The Hall–Kier alpha value is -0.960. The van der Waals surface area contributed by atoms with Crippen molar-refractivity contribution in [2.24, 2.45) is 0 Å². The third-order valence-corrected chi connectivity index (χ3v) is 2.51. The van der Waals surface area contributed by atoms with Gasteiger partial charge >= 0.3 is 0 Å². The minimum Gasteiger partial charge on any atom is -0.317 e. The number of rotatable bonds is 5. The Morgan fingerprint density at radius 1 is 1.13 bits per heavy atom. The molecule has 84 valence electrons. The first-order valence-electron chi connectivity index (χ1n) is 5.15. The average molecular weight is 213 g/mol. The molecule has 0 heterocycles. The molecule has 1 nitrogen and oxygen atoms in total. The minimum atomic E-state index is -2.27. The molecule has 1 rings (SSSR count). The second kappa shape index (κ2) is 5.81. The van der Waals surface area contributed by atoms with Crippen LogP contribution >= 0.6 is 0 Å². The summed E-state index contributed by atoms with van der Waals surface area (Å²) in [6.45, 7) is 2.04. The maximum atomic E-state index is 12.3. The molecule has 0 saturated heterocycles. The SMILES string of the molecule is CNC(C)Cc1ccccc1CC(F)F. The van der Waals surface area contributed by atoms with Gasteiger partial charge in [-0.2, -0.15) is 0 Å². The van der Waals surface area contributed by atoms with E-state index in [9.17, 15) is 8.78 Å². The molecule has 0 aliphatic carbocycles. The van der Waals surface area contributed by atoms with E-state index in [4.69, 9.17) is 0 Å². The van der Waals surface area contributed by atoms with E-state index in [1.807, 2.05) is 32.2 Å². The van der Waals surface area contributed by atoms with Gasteiger partial charge in [-0.15, -0.1) is 0 Å². The van der Waals surface area contributed by atoms with Gasteiger partial charge in [0, 0.05) is 12.5 Å². The number of hydrogen-bond donors (Lipinski definition) is 1. The summed E-state index contributed by atoms with van der Waals surface area (Å²) in [6.07, 6.45) is -1.62. The number of halogens is 2. The van der Waals surface area contributed by atoms with Crippen molar-refractivity contribution in [1.29, 1.82) is 0 Å². The average Bonchev–Trinajstić information content (AvgIpc) is 2.20. The maximum Gasteiger partial charge on any atom is 0.242 e. The predicted octanol–water partition coefficient (Wildman–Crippen LogP) is 2.64. The van der Waals surface area contributed by atoms with Crippen molar-refractivity contribution >= 4 is 0 Å². The number of alkyl halides is 2. The zero-order valence-electron chi connectivity index (χ0n) is 9.13. The Labute approximate surface area is 89.5 Å². The Kier molecular flexibility index (Phi) is 4.69. The summed E-state index contributed by atoms with van der Waals surface area (Å²) in [6, 6.07) is 7.72. The molecule has 0 aromatic heterocycles. The fourth-order valence-corrected chi connectivity index (χ4v) is 1.55. The van der Waals surface area contributed by atoms with Crippen LogP contribution in [0.4, 0.5) is 8.78 Å². The monoisotopic (exact) mass is 213 g/mol. The van der Waals surface area contributed by atoms with Crippen molar-refractivity contribution in [3.63, 3.8) is 0 Å². The summed E-state index contributed by atoms with van der Waals surface area (Å²) in [4.78, 5) is 0. The molecule has 0 fully saturated rings. The molecule has 0 bridgehead atoms. The van der Waals surface area contributed by atoms with Gasteiger partial charge in [0.05, 0.1) is 0 Å². The van der Waals surface area contributed by atoms with Crippen LogP contribution in [0.5, 0.6) is 0 Å². The zero-order valence-corrected chi connectivity index (χ0v) is 9.13. The number of benzene rings is 1. The molecule has 0 radical (unpaired) electrons. The summed E-state index contributed by atoms with van der Waals surface area (Å²) in [5.41, 5.74) is 1.77. The maximum absolute atomic E-state index is 12.3. The standard InChI is InChI=1S/C12H17F2N/c1-9(15-2)7-10-5-3-4-6-11(10)8-12(13)14/h3-6,9,12,15H,7-8H2,1-2H3.